The predicted molar refractivity (Wildman–Crippen MR) is 96.4 cm³/mol. The van der Waals surface area contributed by atoms with Gasteiger partial charge in [0, 0.05) is 18.7 Å². The third kappa shape index (κ3) is 4.97. The highest BCUT2D eigenvalue weighted by Gasteiger charge is 2.15. The maximum Gasteiger partial charge on any atom is 0.203 e. The van der Waals surface area contributed by atoms with Gasteiger partial charge < -0.3 is 24.3 Å². The Kier molecular flexibility index (Phi) is 7.07. The zero-order valence-electron chi connectivity index (χ0n) is 14.1. The van der Waals surface area contributed by atoms with Crippen molar-refractivity contribution in [3.05, 3.63) is 17.7 Å². The summed E-state index contributed by atoms with van der Waals surface area (Å²) in [4.78, 5) is 0. The molecular weight excluding hydrogens is 330 g/mol. The van der Waals surface area contributed by atoms with Crippen LogP contribution in [-0.4, -0.2) is 51.9 Å². The zero-order chi connectivity index (χ0) is 17.4. The van der Waals surface area contributed by atoms with E-state index in [1.807, 2.05) is 0 Å². The highest BCUT2D eigenvalue weighted by Crippen LogP contribution is 2.37. The number of nitrogens with one attached hydrogen (secondary N) is 2. The van der Waals surface area contributed by atoms with Gasteiger partial charge in [-0.3, -0.25) is 5.43 Å². The number of nitrogens with zero attached hydrogens (tertiary/aromatic N) is 1. The van der Waals surface area contributed by atoms with Crippen molar-refractivity contribution in [3.8, 4) is 17.2 Å². The number of ether oxygens (including phenoxy) is 4. The first-order valence-corrected chi connectivity index (χ1v) is 8.07. The van der Waals surface area contributed by atoms with Crippen LogP contribution in [0.1, 0.15) is 18.4 Å². The molecule has 0 radical (unpaired) electrons. The molecule has 0 saturated carbocycles. The fourth-order valence-electron chi connectivity index (χ4n) is 2.39. The summed E-state index contributed by atoms with van der Waals surface area (Å²) in [7, 11) is 4.70. The second-order valence-electron chi connectivity index (χ2n) is 5.17. The van der Waals surface area contributed by atoms with E-state index in [1.54, 1.807) is 39.7 Å². The van der Waals surface area contributed by atoms with Crippen LogP contribution < -0.4 is 25.0 Å². The van der Waals surface area contributed by atoms with Crippen molar-refractivity contribution >= 4 is 23.5 Å². The van der Waals surface area contributed by atoms with Gasteiger partial charge in [-0.1, -0.05) is 0 Å². The summed E-state index contributed by atoms with van der Waals surface area (Å²) >= 11 is 5.18. The lowest BCUT2D eigenvalue weighted by atomic mass is 10.2. The Morgan fingerprint density at radius 2 is 2.00 bits per heavy atom. The van der Waals surface area contributed by atoms with E-state index in [0.29, 0.717) is 28.9 Å². The molecule has 24 heavy (non-hydrogen) atoms. The van der Waals surface area contributed by atoms with Gasteiger partial charge in [-0.25, -0.2) is 0 Å². The molecular formula is C16H23N3O4S. The minimum atomic E-state index is 0.226. The molecule has 8 heteroatoms. The van der Waals surface area contributed by atoms with Crippen molar-refractivity contribution in [1.82, 2.24) is 10.7 Å². The van der Waals surface area contributed by atoms with E-state index in [4.69, 9.17) is 31.2 Å². The number of methoxy groups -OCH3 is 3. The van der Waals surface area contributed by atoms with Crippen LogP contribution in [0.25, 0.3) is 0 Å². The summed E-state index contributed by atoms with van der Waals surface area (Å²) in [6, 6.07) is 3.60. The molecule has 1 atom stereocenters. The monoisotopic (exact) mass is 353 g/mol. The van der Waals surface area contributed by atoms with E-state index in [0.717, 1.165) is 25.0 Å². The van der Waals surface area contributed by atoms with Gasteiger partial charge in [-0.05, 0) is 37.2 Å². The molecule has 1 aromatic carbocycles. The van der Waals surface area contributed by atoms with Gasteiger partial charge in [0.15, 0.2) is 16.6 Å². The average molecular weight is 353 g/mol. The van der Waals surface area contributed by atoms with Crippen molar-refractivity contribution in [1.29, 1.82) is 0 Å². The summed E-state index contributed by atoms with van der Waals surface area (Å²) in [6.45, 7) is 1.51. The van der Waals surface area contributed by atoms with E-state index in [-0.39, 0.29) is 6.10 Å². The predicted octanol–water partition coefficient (Wildman–Crippen LogP) is 1.69. The lowest BCUT2D eigenvalue weighted by Gasteiger charge is -2.13. The van der Waals surface area contributed by atoms with Gasteiger partial charge in [0.2, 0.25) is 5.75 Å². The van der Waals surface area contributed by atoms with Crippen molar-refractivity contribution in [2.45, 2.75) is 18.9 Å². The molecule has 0 bridgehead atoms. The van der Waals surface area contributed by atoms with E-state index in [1.165, 1.54) is 0 Å². The fraction of sp³-hybridized carbons (Fsp3) is 0.500. The fourth-order valence-corrected chi connectivity index (χ4v) is 2.53. The Morgan fingerprint density at radius 3 is 2.54 bits per heavy atom. The molecule has 0 aliphatic carbocycles. The molecule has 2 N–H and O–H groups in total. The van der Waals surface area contributed by atoms with Gasteiger partial charge in [0.25, 0.3) is 0 Å². The van der Waals surface area contributed by atoms with Crippen LogP contribution in [0.4, 0.5) is 0 Å². The Hall–Kier alpha value is -2.06. The topological polar surface area (TPSA) is 73.3 Å². The molecule has 1 heterocycles. The van der Waals surface area contributed by atoms with Gasteiger partial charge in [-0.2, -0.15) is 5.10 Å². The SMILES string of the molecule is COc1cc(C=NNC(=S)NCC2CCCO2)cc(OC)c1OC. The van der Waals surface area contributed by atoms with E-state index >= 15 is 0 Å². The molecule has 0 aromatic heterocycles. The van der Waals surface area contributed by atoms with Gasteiger partial charge in [0.05, 0.1) is 33.6 Å². The van der Waals surface area contributed by atoms with Crippen LogP contribution in [-0.2, 0) is 4.74 Å². The standard InChI is InChI=1S/C16H23N3O4S/c1-20-13-7-11(8-14(21-2)15(13)22-3)9-18-19-16(24)17-10-12-5-4-6-23-12/h7-9,12H,4-6,10H2,1-3H3,(H2,17,19,24). The van der Waals surface area contributed by atoms with Gasteiger partial charge in [0.1, 0.15) is 0 Å². The molecule has 1 saturated heterocycles. The molecule has 1 unspecified atom stereocenters. The highest BCUT2D eigenvalue weighted by atomic mass is 32.1. The smallest absolute Gasteiger partial charge is 0.203 e. The zero-order valence-corrected chi connectivity index (χ0v) is 14.9. The third-order valence-electron chi connectivity index (χ3n) is 3.58. The van der Waals surface area contributed by atoms with E-state index in [2.05, 4.69) is 15.8 Å². The maximum atomic E-state index is 5.52. The number of rotatable bonds is 7. The number of hydrogen-bond donors (Lipinski definition) is 2. The summed E-state index contributed by atoms with van der Waals surface area (Å²) in [6.07, 6.45) is 4.02. The normalized spacial score (nSPS) is 16.9. The molecule has 1 aromatic rings. The van der Waals surface area contributed by atoms with Crippen LogP contribution >= 0.6 is 12.2 Å². The molecule has 1 aliphatic rings. The van der Waals surface area contributed by atoms with Crippen LogP contribution in [0, 0.1) is 0 Å². The van der Waals surface area contributed by atoms with Gasteiger partial charge in [-0.15, -0.1) is 0 Å². The van der Waals surface area contributed by atoms with Crippen molar-refractivity contribution < 1.29 is 18.9 Å². The molecule has 0 spiro atoms. The summed E-state index contributed by atoms with van der Waals surface area (Å²) in [5.74, 6) is 1.67. The summed E-state index contributed by atoms with van der Waals surface area (Å²) < 4.78 is 21.4. The molecule has 1 aliphatic heterocycles. The number of thiocarbonyl (C=S) groups is 1. The lowest BCUT2D eigenvalue weighted by molar-refractivity contribution is 0.114. The molecule has 0 amide bonds. The maximum absolute atomic E-state index is 5.52. The number of hydrazone groups is 1. The minimum absolute atomic E-state index is 0.226. The Labute approximate surface area is 147 Å². The van der Waals surface area contributed by atoms with Crippen molar-refractivity contribution in [2.75, 3.05) is 34.5 Å². The molecule has 132 valence electrons. The van der Waals surface area contributed by atoms with E-state index < -0.39 is 0 Å². The number of hydrogen-bond acceptors (Lipinski definition) is 6. The first-order valence-electron chi connectivity index (χ1n) is 7.66. The summed E-state index contributed by atoms with van der Waals surface area (Å²) in [5, 5.41) is 7.66. The molecule has 2 rings (SSSR count). The van der Waals surface area contributed by atoms with Crippen LogP contribution in [0.3, 0.4) is 0 Å². The Balaban J connectivity index is 1.91. The summed E-state index contributed by atoms with van der Waals surface area (Å²) in [5.41, 5.74) is 3.57. The quantitative estimate of drug-likeness (QED) is 0.439. The Bertz CT molecular complexity index is 564. The minimum Gasteiger partial charge on any atom is -0.493 e. The number of benzene rings is 1. The second-order valence-corrected chi connectivity index (χ2v) is 5.58. The van der Waals surface area contributed by atoms with Crippen LogP contribution in [0.5, 0.6) is 17.2 Å². The van der Waals surface area contributed by atoms with Crippen molar-refractivity contribution in [2.24, 2.45) is 5.10 Å². The second kappa shape index (κ2) is 9.29. The average Bonchev–Trinajstić information content (AvgIpc) is 3.12. The first-order chi connectivity index (χ1) is 11.7. The van der Waals surface area contributed by atoms with Crippen LogP contribution in [0.15, 0.2) is 17.2 Å². The largest absolute Gasteiger partial charge is 0.493 e. The van der Waals surface area contributed by atoms with E-state index in [9.17, 15) is 0 Å². The lowest BCUT2D eigenvalue weighted by Crippen LogP contribution is -2.37. The van der Waals surface area contributed by atoms with Gasteiger partial charge >= 0.3 is 0 Å². The Morgan fingerprint density at radius 1 is 1.29 bits per heavy atom. The molecule has 1 fully saturated rings. The van der Waals surface area contributed by atoms with Crippen LogP contribution in [0.2, 0.25) is 0 Å². The molecule has 7 nitrogen and oxygen atoms in total. The highest BCUT2D eigenvalue weighted by molar-refractivity contribution is 7.80. The third-order valence-corrected chi connectivity index (χ3v) is 3.82. The first kappa shape index (κ1) is 18.3. The van der Waals surface area contributed by atoms with Crippen molar-refractivity contribution in [3.63, 3.8) is 0 Å².